The van der Waals surface area contributed by atoms with E-state index in [1.165, 1.54) is 18.2 Å². The van der Waals surface area contributed by atoms with Crippen molar-refractivity contribution in [3.8, 4) is 0 Å². The van der Waals surface area contributed by atoms with E-state index in [0.29, 0.717) is 10.7 Å². The maximum atomic E-state index is 10.9. The van der Waals surface area contributed by atoms with Crippen molar-refractivity contribution in [3.05, 3.63) is 45.7 Å². The van der Waals surface area contributed by atoms with Crippen molar-refractivity contribution in [2.75, 3.05) is 5.43 Å². The van der Waals surface area contributed by atoms with Gasteiger partial charge in [-0.1, -0.05) is 11.6 Å². The number of hydrogen-bond donors (Lipinski definition) is 2. The third-order valence-corrected chi connectivity index (χ3v) is 3.49. The largest absolute Gasteiger partial charge is 0.478 e. The zero-order valence-corrected chi connectivity index (χ0v) is 12.6. The van der Waals surface area contributed by atoms with Crippen molar-refractivity contribution >= 4 is 29.5 Å². The Balaban J connectivity index is 2.21. The molecule has 0 aliphatic carbocycles. The van der Waals surface area contributed by atoms with Gasteiger partial charge in [-0.15, -0.1) is 0 Å². The van der Waals surface area contributed by atoms with Crippen LogP contribution < -0.4 is 5.43 Å². The number of hydrazone groups is 1. The number of carboxylic acid groups (broad SMARTS) is 1. The second-order valence-corrected chi connectivity index (χ2v) is 4.99. The molecule has 0 bridgehead atoms. The Morgan fingerprint density at radius 2 is 2.19 bits per heavy atom. The van der Waals surface area contributed by atoms with Gasteiger partial charge in [-0.05, 0) is 32.0 Å². The number of halogens is 1. The first-order chi connectivity index (χ1) is 9.90. The molecule has 1 heterocycles. The van der Waals surface area contributed by atoms with Crippen molar-refractivity contribution in [3.63, 3.8) is 0 Å². The second-order valence-electron chi connectivity index (χ2n) is 4.58. The quantitative estimate of drug-likeness (QED) is 0.672. The van der Waals surface area contributed by atoms with E-state index in [-0.39, 0.29) is 5.56 Å². The fraction of sp³-hybridized carbons (Fsp3) is 0.214. The number of benzene rings is 1. The third-order valence-electron chi connectivity index (χ3n) is 3.16. The van der Waals surface area contributed by atoms with Gasteiger partial charge in [0.2, 0.25) is 0 Å². The molecule has 2 N–H and O–H groups in total. The number of hydrogen-bond acceptors (Lipinski definition) is 4. The number of carbonyl (C=O) groups is 1. The summed E-state index contributed by atoms with van der Waals surface area (Å²) in [6, 6.07) is 4.39. The van der Waals surface area contributed by atoms with Crippen molar-refractivity contribution in [2.45, 2.75) is 13.8 Å². The molecular formula is C14H15ClN4O2. The van der Waals surface area contributed by atoms with Gasteiger partial charge in [0, 0.05) is 18.3 Å². The number of nitrogens with one attached hydrogen (secondary N) is 1. The van der Waals surface area contributed by atoms with E-state index in [4.69, 9.17) is 16.7 Å². The van der Waals surface area contributed by atoms with Crippen LogP contribution in [-0.2, 0) is 7.05 Å². The first-order valence-electron chi connectivity index (χ1n) is 6.22. The molecule has 7 heteroatoms. The molecule has 0 fully saturated rings. The lowest BCUT2D eigenvalue weighted by Gasteiger charge is -2.04. The number of aryl methyl sites for hydroxylation is 2. The van der Waals surface area contributed by atoms with Crippen LogP contribution in [0.3, 0.4) is 0 Å². The fourth-order valence-electron chi connectivity index (χ4n) is 1.89. The molecule has 1 aromatic carbocycles. The first-order valence-corrected chi connectivity index (χ1v) is 6.60. The van der Waals surface area contributed by atoms with Crippen LogP contribution in [0, 0.1) is 13.8 Å². The first kappa shape index (κ1) is 15.1. The smallest absolute Gasteiger partial charge is 0.335 e. The van der Waals surface area contributed by atoms with Gasteiger partial charge in [0.1, 0.15) is 0 Å². The highest BCUT2D eigenvalue weighted by atomic mass is 35.5. The number of nitrogens with zero attached hydrogens (tertiary/aromatic N) is 3. The maximum Gasteiger partial charge on any atom is 0.335 e. The standard InChI is InChI=1S/C14H15ClN4O2/c1-8-11(9(2)19(3)18-8)7-16-17-13-6-10(14(20)21)4-5-12(13)15/h4-7,17H,1-3H3,(H,20,21)/b16-7-. The van der Waals surface area contributed by atoms with Crippen LogP contribution in [0.2, 0.25) is 5.02 Å². The van der Waals surface area contributed by atoms with Crippen molar-refractivity contribution in [2.24, 2.45) is 12.1 Å². The Labute approximate surface area is 127 Å². The maximum absolute atomic E-state index is 10.9. The van der Waals surface area contributed by atoms with Gasteiger partial charge in [0.15, 0.2) is 0 Å². The Bertz CT molecular complexity index is 722. The summed E-state index contributed by atoms with van der Waals surface area (Å²) in [5.74, 6) is -1.02. The van der Waals surface area contributed by atoms with Crippen LogP contribution >= 0.6 is 11.6 Å². The summed E-state index contributed by atoms with van der Waals surface area (Å²) in [4.78, 5) is 10.9. The van der Waals surface area contributed by atoms with E-state index in [1.807, 2.05) is 20.9 Å². The lowest BCUT2D eigenvalue weighted by Crippen LogP contribution is -1.99. The van der Waals surface area contributed by atoms with Gasteiger partial charge in [-0.2, -0.15) is 10.2 Å². The van der Waals surface area contributed by atoms with Gasteiger partial charge in [-0.3, -0.25) is 10.1 Å². The number of aromatic nitrogens is 2. The highest BCUT2D eigenvalue weighted by Gasteiger charge is 2.08. The molecule has 0 amide bonds. The minimum Gasteiger partial charge on any atom is -0.478 e. The zero-order valence-electron chi connectivity index (χ0n) is 11.9. The van der Waals surface area contributed by atoms with E-state index in [2.05, 4.69) is 15.6 Å². The van der Waals surface area contributed by atoms with Crippen LogP contribution in [0.4, 0.5) is 5.69 Å². The molecule has 0 unspecified atom stereocenters. The molecule has 0 aliphatic heterocycles. The van der Waals surface area contributed by atoms with Crippen LogP contribution in [0.15, 0.2) is 23.3 Å². The van der Waals surface area contributed by atoms with E-state index >= 15 is 0 Å². The number of carboxylic acids is 1. The van der Waals surface area contributed by atoms with E-state index < -0.39 is 5.97 Å². The molecule has 21 heavy (non-hydrogen) atoms. The molecule has 0 radical (unpaired) electrons. The molecule has 0 saturated heterocycles. The lowest BCUT2D eigenvalue weighted by atomic mass is 10.2. The van der Waals surface area contributed by atoms with Gasteiger partial charge in [0.05, 0.1) is 28.2 Å². The second kappa shape index (κ2) is 5.97. The SMILES string of the molecule is Cc1nn(C)c(C)c1/C=N\Nc1cc(C(=O)O)ccc1Cl. The molecule has 2 rings (SSSR count). The number of anilines is 1. The zero-order chi connectivity index (χ0) is 15.6. The van der Waals surface area contributed by atoms with Crippen LogP contribution in [-0.4, -0.2) is 27.1 Å². The summed E-state index contributed by atoms with van der Waals surface area (Å²) in [6.45, 7) is 3.84. The van der Waals surface area contributed by atoms with Crippen LogP contribution in [0.25, 0.3) is 0 Å². The van der Waals surface area contributed by atoms with E-state index in [9.17, 15) is 4.79 Å². The molecule has 6 nitrogen and oxygen atoms in total. The van der Waals surface area contributed by atoms with Crippen LogP contribution in [0.1, 0.15) is 27.3 Å². The normalized spacial score (nSPS) is 11.0. The predicted molar refractivity (Wildman–Crippen MR) is 82.3 cm³/mol. The minimum absolute atomic E-state index is 0.144. The molecule has 1 aromatic heterocycles. The van der Waals surface area contributed by atoms with Gasteiger partial charge >= 0.3 is 5.97 Å². The fourth-order valence-corrected chi connectivity index (χ4v) is 2.05. The molecule has 110 valence electrons. The minimum atomic E-state index is -1.02. The molecule has 2 aromatic rings. The van der Waals surface area contributed by atoms with Gasteiger partial charge < -0.3 is 5.11 Å². The topological polar surface area (TPSA) is 79.5 Å². The monoisotopic (exact) mass is 306 g/mol. The average molecular weight is 307 g/mol. The molecule has 0 spiro atoms. The molecular weight excluding hydrogens is 292 g/mol. The Morgan fingerprint density at radius 1 is 1.48 bits per heavy atom. The summed E-state index contributed by atoms with van der Waals surface area (Å²) in [6.07, 6.45) is 1.64. The average Bonchev–Trinajstić information content (AvgIpc) is 2.66. The Kier molecular flexibility index (Phi) is 4.28. The lowest BCUT2D eigenvalue weighted by molar-refractivity contribution is 0.0697. The summed E-state index contributed by atoms with van der Waals surface area (Å²) in [5, 5.41) is 17.7. The molecule has 0 atom stereocenters. The van der Waals surface area contributed by atoms with E-state index in [0.717, 1.165) is 17.0 Å². The van der Waals surface area contributed by atoms with Crippen molar-refractivity contribution in [1.29, 1.82) is 0 Å². The van der Waals surface area contributed by atoms with Gasteiger partial charge in [-0.25, -0.2) is 4.79 Å². The summed E-state index contributed by atoms with van der Waals surface area (Å²) in [7, 11) is 1.86. The number of aromatic carboxylic acids is 1. The van der Waals surface area contributed by atoms with Crippen molar-refractivity contribution in [1.82, 2.24) is 9.78 Å². The Morgan fingerprint density at radius 3 is 2.76 bits per heavy atom. The van der Waals surface area contributed by atoms with Crippen LogP contribution in [0.5, 0.6) is 0 Å². The highest BCUT2D eigenvalue weighted by molar-refractivity contribution is 6.33. The Hall–Kier alpha value is -2.34. The molecule has 0 aliphatic rings. The number of rotatable bonds is 4. The summed E-state index contributed by atoms with van der Waals surface area (Å²) in [5.41, 5.74) is 6.11. The van der Waals surface area contributed by atoms with E-state index in [1.54, 1.807) is 10.9 Å². The summed E-state index contributed by atoms with van der Waals surface area (Å²) < 4.78 is 1.77. The third kappa shape index (κ3) is 3.22. The van der Waals surface area contributed by atoms with Gasteiger partial charge in [0.25, 0.3) is 0 Å². The predicted octanol–water partition coefficient (Wildman–Crippen LogP) is 2.83. The molecule has 0 saturated carbocycles. The van der Waals surface area contributed by atoms with Crippen molar-refractivity contribution < 1.29 is 9.90 Å². The highest BCUT2D eigenvalue weighted by Crippen LogP contribution is 2.23. The summed E-state index contributed by atoms with van der Waals surface area (Å²) >= 11 is 6.00.